The number of pyridine rings is 1. The van der Waals surface area contributed by atoms with Crippen LogP contribution in [0.4, 0.5) is 14.5 Å². The second kappa shape index (κ2) is 22.9. The quantitative estimate of drug-likeness (QED) is 0.153. The summed E-state index contributed by atoms with van der Waals surface area (Å²) in [5.41, 5.74) is 17.5. The van der Waals surface area contributed by atoms with E-state index in [1.807, 2.05) is 118 Å². The van der Waals surface area contributed by atoms with Crippen LogP contribution < -0.4 is 21.1 Å². The number of piperidine rings is 2. The molecule has 10 aromatic heterocycles. The summed E-state index contributed by atoms with van der Waals surface area (Å²) in [6.45, 7) is 22.3. The summed E-state index contributed by atoms with van der Waals surface area (Å²) in [6.07, 6.45) is 14.2. The molecule has 1 spiro atoms. The molecule has 1 saturated carbocycles. The van der Waals surface area contributed by atoms with E-state index in [-0.39, 0.29) is 34.2 Å². The number of anilines is 1. The van der Waals surface area contributed by atoms with Crippen molar-refractivity contribution in [2.45, 2.75) is 104 Å². The number of aromatic nitrogens is 14. The van der Waals surface area contributed by atoms with Gasteiger partial charge in [0.05, 0.1) is 56.9 Å². The van der Waals surface area contributed by atoms with Crippen molar-refractivity contribution in [2.75, 3.05) is 57.3 Å². The number of hydrogen-bond acceptors (Lipinski definition) is 15. The monoisotopic (exact) mass is 1180 g/mol. The zero-order valence-electron chi connectivity index (χ0n) is 50.7. The minimum Gasteiger partial charge on any atom is -0.367 e. The van der Waals surface area contributed by atoms with Crippen LogP contribution in [0.15, 0.2) is 108 Å². The number of piperazine rings is 1. The molecule has 0 radical (unpaired) electrons. The normalized spacial score (nSPS) is 16.5. The predicted octanol–water partition coefficient (Wildman–Crippen LogP) is 10.4. The SMILES string of the molecule is CCN1CCC(c2cc3c(F)cc(-c4cc(C)c5cc(C)cn5n4)cc3nn2)CC1.Cc1cc2c(C)cc(-c3cc(F)c4nc(C5CCNCC5)nnc4c3)nn2c1.Cc1cn2nc(-c3cc(=O)n4cc(N5CCNC6(CC6)C5)ccc4n3)cc(C)c2n1. The highest BCUT2D eigenvalue weighted by Crippen LogP contribution is 2.39. The lowest BCUT2D eigenvalue weighted by Gasteiger charge is -2.35. The van der Waals surface area contributed by atoms with Crippen LogP contribution >= 0.6 is 0 Å². The number of rotatable bonds is 7. The minimum atomic E-state index is -0.388. The summed E-state index contributed by atoms with van der Waals surface area (Å²) in [4.78, 5) is 31.5. The Bertz CT molecular complexity index is 4740. The molecule has 2 aromatic carbocycles. The number of fused-ring (bicyclic) bond motifs is 6. The third kappa shape index (κ3) is 11.2. The number of likely N-dealkylation sites (tertiary alicyclic amines) is 1. The van der Waals surface area contributed by atoms with E-state index in [2.05, 4.69) is 91.2 Å². The summed E-state index contributed by atoms with van der Waals surface area (Å²) < 4.78 is 37.1. The lowest BCUT2D eigenvalue weighted by atomic mass is 9.92. The van der Waals surface area contributed by atoms with Gasteiger partial charge < -0.3 is 20.4 Å². The molecule has 16 rings (SSSR count). The Kier molecular flexibility index (Phi) is 14.8. The summed E-state index contributed by atoms with van der Waals surface area (Å²) in [7, 11) is 0. The number of nitrogens with one attached hydrogen (secondary N) is 2. The summed E-state index contributed by atoms with van der Waals surface area (Å²) in [6, 6.07) is 24.3. The number of hydrogen-bond donors (Lipinski definition) is 2. The zero-order valence-corrected chi connectivity index (χ0v) is 50.7. The van der Waals surface area contributed by atoms with Crippen molar-refractivity contribution in [2.24, 2.45) is 0 Å². The smallest absolute Gasteiger partial charge is 0.258 e. The van der Waals surface area contributed by atoms with Crippen LogP contribution in [0.2, 0.25) is 0 Å². The molecule has 4 aliphatic rings. The van der Waals surface area contributed by atoms with Crippen LogP contribution in [0, 0.1) is 53.2 Å². The summed E-state index contributed by atoms with van der Waals surface area (Å²) in [5, 5.41) is 38.9. The lowest BCUT2D eigenvalue weighted by molar-refractivity contribution is 0.220. The first kappa shape index (κ1) is 56.7. The van der Waals surface area contributed by atoms with Crippen molar-refractivity contribution in [1.82, 2.24) is 84.1 Å². The number of imidazole rings is 1. The summed E-state index contributed by atoms with van der Waals surface area (Å²) >= 11 is 0. The highest BCUT2D eigenvalue weighted by atomic mass is 19.1. The van der Waals surface area contributed by atoms with Crippen molar-refractivity contribution < 1.29 is 8.78 Å². The molecule has 448 valence electrons. The molecular formula is C67H70F2N18O. The van der Waals surface area contributed by atoms with Crippen molar-refractivity contribution in [1.29, 1.82) is 0 Å². The molecule has 0 atom stereocenters. The molecule has 1 aliphatic carbocycles. The Balaban J connectivity index is 0.000000116. The average Bonchev–Trinajstić information content (AvgIpc) is 2.04. The van der Waals surface area contributed by atoms with E-state index in [4.69, 9.17) is 4.98 Å². The first-order valence-corrected chi connectivity index (χ1v) is 30.6. The lowest BCUT2D eigenvalue weighted by Crippen LogP contribution is -2.52. The highest BCUT2D eigenvalue weighted by Gasteiger charge is 2.45. The molecule has 21 heteroatoms. The van der Waals surface area contributed by atoms with Crippen molar-refractivity contribution >= 4 is 50.0 Å². The van der Waals surface area contributed by atoms with E-state index < -0.39 is 0 Å². The van der Waals surface area contributed by atoms with E-state index in [1.54, 1.807) is 21.0 Å². The average molecular weight is 1180 g/mol. The third-order valence-corrected chi connectivity index (χ3v) is 18.0. The molecule has 0 unspecified atom stereocenters. The molecule has 2 N–H and O–H groups in total. The second-order valence-corrected chi connectivity index (χ2v) is 24.6. The first-order valence-electron chi connectivity index (χ1n) is 30.6. The maximum Gasteiger partial charge on any atom is 0.258 e. The van der Waals surface area contributed by atoms with Crippen molar-refractivity contribution in [3.05, 3.63) is 171 Å². The molecule has 19 nitrogen and oxygen atoms in total. The first-order chi connectivity index (χ1) is 42.6. The maximum absolute atomic E-state index is 15.1. The fourth-order valence-electron chi connectivity index (χ4n) is 12.9. The number of halogens is 2. The molecule has 3 saturated heterocycles. The Morgan fingerprint density at radius 2 is 1.25 bits per heavy atom. The third-order valence-electron chi connectivity index (χ3n) is 18.0. The van der Waals surface area contributed by atoms with Crippen molar-refractivity contribution in [3.8, 4) is 33.9 Å². The van der Waals surface area contributed by atoms with Gasteiger partial charge in [-0.15, -0.1) is 10.2 Å². The van der Waals surface area contributed by atoms with Gasteiger partial charge in [0, 0.05) is 78.2 Å². The van der Waals surface area contributed by atoms with E-state index in [0.29, 0.717) is 56.5 Å². The Hall–Kier alpha value is -9.05. The van der Waals surface area contributed by atoms with Crippen LogP contribution in [0.25, 0.3) is 78.2 Å². The zero-order chi connectivity index (χ0) is 60.5. The van der Waals surface area contributed by atoms with Gasteiger partial charge >= 0.3 is 0 Å². The molecular weight excluding hydrogens is 1110 g/mol. The van der Waals surface area contributed by atoms with Gasteiger partial charge in [-0.25, -0.2) is 37.3 Å². The van der Waals surface area contributed by atoms with Crippen molar-refractivity contribution in [3.63, 3.8) is 0 Å². The van der Waals surface area contributed by atoms with Gasteiger partial charge in [0.1, 0.15) is 28.2 Å². The highest BCUT2D eigenvalue weighted by molar-refractivity contribution is 5.85. The van der Waals surface area contributed by atoms with E-state index >= 15 is 4.39 Å². The van der Waals surface area contributed by atoms with Crippen LogP contribution in [-0.4, -0.2) is 131 Å². The Morgan fingerprint density at radius 3 is 1.94 bits per heavy atom. The topological polar surface area (TPSA) is 194 Å². The van der Waals surface area contributed by atoms with E-state index in [0.717, 1.165) is 151 Å². The second-order valence-electron chi connectivity index (χ2n) is 24.6. The number of nitrogens with zero attached hydrogens (tertiary/aromatic N) is 16. The number of benzene rings is 2. The Labute approximate surface area is 506 Å². The number of aryl methyl sites for hydroxylation is 6. The summed E-state index contributed by atoms with van der Waals surface area (Å²) in [5.74, 6) is 0.570. The van der Waals surface area contributed by atoms with Crippen LogP contribution in [0.1, 0.15) is 102 Å². The standard InChI is InChI=1S/C24H26FN5.C22H23N7O.C21H21FN6/c1-4-29-7-5-17(6-8-29)21-13-19-20(25)11-18(12-23(19)27-26-21)22-10-16(3)24-9-15(2)14-30(24)28-22;1-14-9-18(26-29-11-15(2)24-21(14)29)17-10-20(30)28-12-16(3-4-19(28)25-17)27-8-7-23-22(13-27)5-6-22;1-12-7-19-13(2)8-17(27-28(19)11-12)15-9-16(22)20-18(10-15)25-26-21(24-20)14-3-5-23-6-4-14/h9-14,17H,4-8H2,1-3H3;3-4,9-12,23H,5-8,13H2,1-2H3;7-11,14,23H,3-6H2,1-2H3. The minimum absolute atomic E-state index is 0.102. The van der Waals surface area contributed by atoms with Gasteiger partial charge in [0.2, 0.25) is 0 Å². The Morgan fingerprint density at radius 1 is 0.591 bits per heavy atom. The molecule has 4 fully saturated rings. The fraction of sp³-hybridized carbons (Fsp3) is 0.358. The molecule has 0 amide bonds. The molecule has 0 bridgehead atoms. The largest absolute Gasteiger partial charge is 0.367 e. The van der Waals surface area contributed by atoms with Gasteiger partial charge in [0.15, 0.2) is 17.3 Å². The molecule has 3 aliphatic heterocycles. The van der Waals surface area contributed by atoms with Crippen LogP contribution in [0.3, 0.4) is 0 Å². The van der Waals surface area contributed by atoms with E-state index in [1.165, 1.54) is 18.9 Å². The molecule has 88 heavy (non-hydrogen) atoms. The maximum atomic E-state index is 15.1. The van der Waals surface area contributed by atoms with Gasteiger partial charge in [-0.3, -0.25) is 9.20 Å². The fourth-order valence-corrected chi connectivity index (χ4v) is 12.9. The van der Waals surface area contributed by atoms with Gasteiger partial charge in [0.25, 0.3) is 5.56 Å². The predicted molar refractivity (Wildman–Crippen MR) is 338 cm³/mol. The van der Waals surface area contributed by atoms with Gasteiger partial charge in [-0.2, -0.15) is 25.5 Å². The van der Waals surface area contributed by atoms with E-state index in [9.17, 15) is 9.18 Å². The van der Waals surface area contributed by atoms with Gasteiger partial charge in [-0.05, 0) is 213 Å². The molecule has 13 heterocycles. The van der Waals surface area contributed by atoms with Crippen LogP contribution in [-0.2, 0) is 0 Å². The molecule has 12 aromatic rings. The van der Waals surface area contributed by atoms with Gasteiger partial charge in [-0.1, -0.05) is 6.92 Å². The van der Waals surface area contributed by atoms with Crippen LogP contribution in [0.5, 0.6) is 0 Å².